The number of hydrogen-bond donors (Lipinski definition) is 1. The molecule has 0 heterocycles. The lowest BCUT2D eigenvalue weighted by atomic mass is 9.56. The summed E-state index contributed by atoms with van der Waals surface area (Å²) >= 11 is 0. The molecule has 2 rings (SSSR count). The summed E-state index contributed by atoms with van der Waals surface area (Å²) in [4.78, 5) is 0. The molecule has 2 heteroatoms. The molecular weight excluding hydrogens is 344 g/mol. The highest BCUT2D eigenvalue weighted by molar-refractivity contribution is 5.11. The van der Waals surface area contributed by atoms with Crippen molar-refractivity contribution >= 4 is 0 Å². The maximum absolute atomic E-state index is 10.6. The molecule has 2 aliphatic rings. The molecule has 0 aromatic rings. The molecule has 0 aliphatic heterocycles. The van der Waals surface area contributed by atoms with E-state index in [-0.39, 0.29) is 27.8 Å². The van der Waals surface area contributed by atoms with Crippen LogP contribution in [-0.2, 0) is 4.74 Å². The first-order valence-electron chi connectivity index (χ1n) is 11.8. The second kappa shape index (κ2) is 7.26. The van der Waals surface area contributed by atoms with Crippen molar-refractivity contribution in [3.8, 4) is 0 Å². The van der Waals surface area contributed by atoms with Crippen LogP contribution in [0, 0.1) is 44.8 Å². The van der Waals surface area contributed by atoms with Crippen LogP contribution in [-0.4, -0.2) is 23.9 Å². The minimum absolute atomic E-state index is 0.0450. The monoisotopic (exact) mass is 394 g/mol. The van der Waals surface area contributed by atoms with Gasteiger partial charge in [-0.05, 0) is 64.1 Å². The zero-order valence-corrected chi connectivity index (χ0v) is 21.1. The summed E-state index contributed by atoms with van der Waals surface area (Å²) in [7, 11) is 0. The molecule has 6 unspecified atom stereocenters. The maximum Gasteiger partial charge on any atom is 0.0636 e. The van der Waals surface area contributed by atoms with Crippen LogP contribution in [0.2, 0.25) is 0 Å². The van der Waals surface area contributed by atoms with E-state index < -0.39 is 0 Å². The van der Waals surface area contributed by atoms with Gasteiger partial charge in [0.2, 0.25) is 0 Å². The van der Waals surface area contributed by atoms with Crippen molar-refractivity contribution in [3.63, 3.8) is 0 Å². The van der Waals surface area contributed by atoms with Crippen LogP contribution >= 0.6 is 0 Å². The van der Waals surface area contributed by atoms with Crippen LogP contribution in [0.3, 0.4) is 0 Å². The van der Waals surface area contributed by atoms with Gasteiger partial charge in [0.05, 0.1) is 12.2 Å². The molecule has 0 spiro atoms. The zero-order valence-electron chi connectivity index (χ0n) is 21.1. The summed E-state index contributed by atoms with van der Waals surface area (Å²) in [6.07, 6.45) is 3.26. The van der Waals surface area contributed by atoms with Crippen LogP contribution in [0.5, 0.6) is 0 Å². The van der Waals surface area contributed by atoms with E-state index in [1.54, 1.807) is 0 Å². The minimum atomic E-state index is -0.197. The zero-order chi connectivity index (χ0) is 21.9. The van der Waals surface area contributed by atoms with E-state index in [4.69, 9.17) is 4.74 Å². The summed E-state index contributed by atoms with van der Waals surface area (Å²) in [5, 5.41) is 10.6. The molecule has 2 saturated carbocycles. The Balaban J connectivity index is 2.07. The van der Waals surface area contributed by atoms with Gasteiger partial charge in [0, 0.05) is 6.61 Å². The average Bonchev–Trinajstić information content (AvgIpc) is 2.81. The Morgan fingerprint density at radius 2 is 1.46 bits per heavy atom. The smallest absolute Gasteiger partial charge is 0.0636 e. The van der Waals surface area contributed by atoms with E-state index >= 15 is 0 Å². The Hall–Kier alpha value is -0.0800. The molecule has 166 valence electrons. The molecule has 0 aromatic carbocycles. The van der Waals surface area contributed by atoms with Gasteiger partial charge >= 0.3 is 0 Å². The standard InChI is InChI=1S/C26H50O2/c1-17(2)25(11)16-21(23(7,8)24(25,9)10)28-14-13-18(3)26(12)19(4)15-20(27)22(26,5)6/h17-21,27H,13-16H2,1-12H3. The van der Waals surface area contributed by atoms with Crippen molar-refractivity contribution in [2.75, 3.05) is 6.61 Å². The normalized spacial score (nSPS) is 42.9. The van der Waals surface area contributed by atoms with E-state index in [9.17, 15) is 5.11 Å². The van der Waals surface area contributed by atoms with Crippen molar-refractivity contribution in [2.24, 2.45) is 44.8 Å². The summed E-state index contributed by atoms with van der Waals surface area (Å²) in [5.74, 6) is 1.72. The lowest BCUT2D eigenvalue weighted by Gasteiger charge is -2.48. The fourth-order valence-electron chi connectivity index (χ4n) is 6.93. The summed E-state index contributed by atoms with van der Waals surface area (Å²) in [5.41, 5.74) is 0.798. The molecule has 28 heavy (non-hydrogen) atoms. The third kappa shape index (κ3) is 3.11. The number of aliphatic hydroxyl groups is 1. The number of rotatable bonds is 6. The lowest BCUT2D eigenvalue weighted by Crippen LogP contribution is -2.44. The number of aliphatic hydroxyl groups excluding tert-OH is 1. The molecule has 2 aliphatic carbocycles. The Morgan fingerprint density at radius 3 is 1.86 bits per heavy atom. The van der Waals surface area contributed by atoms with Gasteiger partial charge in [-0.15, -0.1) is 0 Å². The van der Waals surface area contributed by atoms with Gasteiger partial charge in [0.15, 0.2) is 0 Å². The summed E-state index contributed by atoms with van der Waals surface area (Å²) in [6, 6.07) is 0. The summed E-state index contributed by atoms with van der Waals surface area (Å²) in [6.45, 7) is 29.4. The Bertz CT molecular complexity index is 558. The third-order valence-electron chi connectivity index (χ3n) is 11.4. The minimum Gasteiger partial charge on any atom is -0.393 e. The van der Waals surface area contributed by atoms with Crippen molar-refractivity contribution in [1.29, 1.82) is 0 Å². The van der Waals surface area contributed by atoms with Gasteiger partial charge in [-0.3, -0.25) is 0 Å². The average molecular weight is 395 g/mol. The quantitative estimate of drug-likeness (QED) is 0.528. The SMILES string of the molecule is CC(C)C1(C)CC(OCCC(C)C2(C)C(C)CC(O)C2(C)C)C(C)(C)C1(C)C. The number of hydrogen-bond acceptors (Lipinski definition) is 2. The topological polar surface area (TPSA) is 29.5 Å². The second-order valence-corrected chi connectivity index (χ2v) is 12.8. The van der Waals surface area contributed by atoms with Crippen LogP contribution in [0.4, 0.5) is 0 Å². The first-order chi connectivity index (χ1) is 12.5. The molecule has 0 saturated heterocycles. The van der Waals surface area contributed by atoms with Gasteiger partial charge in [0.25, 0.3) is 0 Å². The highest BCUT2D eigenvalue weighted by atomic mass is 16.5. The van der Waals surface area contributed by atoms with Gasteiger partial charge in [0.1, 0.15) is 0 Å². The highest BCUT2D eigenvalue weighted by Gasteiger charge is 2.62. The first-order valence-corrected chi connectivity index (χ1v) is 11.8. The first kappa shape index (κ1) is 24.2. The van der Waals surface area contributed by atoms with E-state index in [2.05, 4.69) is 83.1 Å². The Morgan fingerprint density at radius 1 is 0.929 bits per heavy atom. The van der Waals surface area contributed by atoms with E-state index in [1.165, 1.54) is 0 Å². The van der Waals surface area contributed by atoms with Crippen LogP contribution in [0.1, 0.15) is 102 Å². The predicted octanol–water partition coefficient (Wildman–Crippen LogP) is 6.95. The van der Waals surface area contributed by atoms with Crippen molar-refractivity contribution in [1.82, 2.24) is 0 Å². The molecule has 0 radical (unpaired) electrons. The van der Waals surface area contributed by atoms with Gasteiger partial charge in [-0.1, -0.05) is 83.1 Å². The fourth-order valence-corrected chi connectivity index (χ4v) is 6.93. The van der Waals surface area contributed by atoms with Gasteiger partial charge in [-0.2, -0.15) is 0 Å². The number of ether oxygens (including phenoxy) is 1. The van der Waals surface area contributed by atoms with Crippen LogP contribution in [0.25, 0.3) is 0 Å². The molecule has 0 bridgehead atoms. The Kier molecular flexibility index (Phi) is 6.27. The van der Waals surface area contributed by atoms with Crippen molar-refractivity contribution < 1.29 is 9.84 Å². The lowest BCUT2D eigenvalue weighted by molar-refractivity contribution is -0.0692. The molecule has 2 nitrogen and oxygen atoms in total. The molecule has 1 N–H and O–H groups in total. The van der Waals surface area contributed by atoms with Gasteiger partial charge < -0.3 is 9.84 Å². The van der Waals surface area contributed by atoms with Crippen LogP contribution < -0.4 is 0 Å². The molecular formula is C26H50O2. The van der Waals surface area contributed by atoms with Crippen molar-refractivity contribution in [3.05, 3.63) is 0 Å². The van der Waals surface area contributed by atoms with E-state index in [0.717, 1.165) is 25.9 Å². The van der Waals surface area contributed by atoms with E-state index in [1.807, 2.05) is 0 Å². The van der Waals surface area contributed by atoms with Gasteiger partial charge in [-0.25, -0.2) is 0 Å². The highest BCUT2D eigenvalue weighted by Crippen LogP contribution is 2.66. The largest absolute Gasteiger partial charge is 0.393 e. The van der Waals surface area contributed by atoms with E-state index in [0.29, 0.717) is 29.3 Å². The van der Waals surface area contributed by atoms with Crippen molar-refractivity contribution in [2.45, 2.75) is 115 Å². The molecule has 2 fully saturated rings. The third-order valence-corrected chi connectivity index (χ3v) is 11.4. The molecule has 0 aromatic heterocycles. The molecule has 0 amide bonds. The van der Waals surface area contributed by atoms with Crippen LogP contribution in [0.15, 0.2) is 0 Å². The second-order valence-electron chi connectivity index (χ2n) is 12.8. The fraction of sp³-hybridized carbons (Fsp3) is 1.00. The Labute approximate surface area is 176 Å². The predicted molar refractivity (Wildman–Crippen MR) is 120 cm³/mol. The molecule has 6 atom stereocenters. The maximum atomic E-state index is 10.6. The summed E-state index contributed by atoms with van der Waals surface area (Å²) < 4.78 is 6.64.